The molecule has 0 aromatic heterocycles. The molecule has 7 nitrogen and oxygen atoms in total. The van der Waals surface area contributed by atoms with Gasteiger partial charge in [-0.25, -0.2) is 4.39 Å². The molecular formula is C25H18ClFN2O5. The van der Waals surface area contributed by atoms with Crippen LogP contribution in [0.15, 0.2) is 78.4 Å². The lowest BCUT2D eigenvalue weighted by molar-refractivity contribution is -0.384. The van der Waals surface area contributed by atoms with Crippen molar-refractivity contribution in [3.05, 3.63) is 116 Å². The number of aliphatic hydroxyl groups excluding tert-OH is 1. The third kappa shape index (κ3) is 4.53. The predicted molar refractivity (Wildman–Crippen MR) is 124 cm³/mol. The number of ketones is 1. The minimum absolute atomic E-state index is 0.0460. The Kier molecular flexibility index (Phi) is 6.43. The molecule has 1 N–H and O–H groups in total. The van der Waals surface area contributed by atoms with Gasteiger partial charge in [-0.3, -0.25) is 19.7 Å². The van der Waals surface area contributed by atoms with Crippen LogP contribution < -0.4 is 0 Å². The first-order valence-electron chi connectivity index (χ1n) is 10.3. The summed E-state index contributed by atoms with van der Waals surface area (Å²) in [7, 11) is 0. The highest BCUT2D eigenvalue weighted by Gasteiger charge is 2.45. The average Bonchev–Trinajstić information content (AvgIpc) is 3.08. The number of aliphatic hydroxyl groups is 1. The highest BCUT2D eigenvalue weighted by Crippen LogP contribution is 2.40. The topological polar surface area (TPSA) is 101 Å². The predicted octanol–water partition coefficient (Wildman–Crippen LogP) is 5.05. The number of carbonyl (C=O) groups is 2. The van der Waals surface area contributed by atoms with Gasteiger partial charge in [-0.15, -0.1) is 0 Å². The van der Waals surface area contributed by atoms with Crippen LogP contribution in [0.25, 0.3) is 5.76 Å². The van der Waals surface area contributed by atoms with E-state index < -0.39 is 28.4 Å². The van der Waals surface area contributed by atoms with Crippen LogP contribution in [0.3, 0.4) is 0 Å². The van der Waals surface area contributed by atoms with E-state index >= 15 is 0 Å². The number of Topliss-reactive ketones (excluding diaryl/α,β-unsaturated/α-hetero) is 1. The SMILES string of the molecule is O=C1C(=O)N(CCc2ccc(F)cc2)C(c2ccc(Cl)cc2)/C1=C(/O)c1cccc([N+](=O)[O-])c1. The van der Waals surface area contributed by atoms with Gasteiger partial charge in [0, 0.05) is 29.3 Å². The average molecular weight is 481 g/mol. The molecule has 3 aromatic rings. The molecule has 0 spiro atoms. The zero-order valence-electron chi connectivity index (χ0n) is 17.7. The monoisotopic (exact) mass is 480 g/mol. The van der Waals surface area contributed by atoms with Gasteiger partial charge in [0.25, 0.3) is 17.4 Å². The molecule has 0 saturated carbocycles. The van der Waals surface area contributed by atoms with E-state index in [0.29, 0.717) is 17.0 Å². The van der Waals surface area contributed by atoms with Crippen molar-refractivity contribution in [3.8, 4) is 0 Å². The van der Waals surface area contributed by atoms with Crippen LogP contribution in [0.1, 0.15) is 22.7 Å². The maximum atomic E-state index is 13.2. The Morgan fingerprint density at radius 1 is 1.06 bits per heavy atom. The third-order valence-corrected chi connectivity index (χ3v) is 5.86. The van der Waals surface area contributed by atoms with E-state index in [1.54, 1.807) is 36.4 Å². The summed E-state index contributed by atoms with van der Waals surface area (Å²) in [5, 5.41) is 22.6. The van der Waals surface area contributed by atoms with Gasteiger partial charge in [-0.05, 0) is 41.8 Å². The number of hydrogen-bond donors (Lipinski definition) is 1. The molecule has 1 fully saturated rings. The fourth-order valence-electron chi connectivity index (χ4n) is 3.93. The number of hydrogen-bond acceptors (Lipinski definition) is 5. The first-order valence-corrected chi connectivity index (χ1v) is 10.7. The number of nitro benzene ring substituents is 1. The summed E-state index contributed by atoms with van der Waals surface area (Å²) in [5.74, 6) is -2.61. The normalized spacial score (nSPS) is 17.2. The van der Waals surface area contributed by atoms with Crippen molar-refractivity contribution < 1.29 is 24.0 Å². The number of amides is 1. The number of halogens is 2. The van der Waals surface area contributed by atoms with E-state index in [1.165, 1.54) is 35.2 Å². The molecule has 1 aliphatic heterocycles. The lowest BCUT2D eigenvalue weighted by atomic mass is 9.95. The molecule has 1 amide bonds. The van der Waals surface area contributed by atoms with E-state index in [2.05, 4.69) is 0 Å². The zero-order valence-corrected chi connectivity index (χ0v) is 18.4. The third-order valence-electron chi connectivity index (χ3n) is 5.61. The van der Waals surface area contributed by atoms with E-state index in [9.17, 15) is 29.2 Å². The maximum absolute atomic E-state index is 13.2. The van der Waals surface area contributed by atoms with Crippen molar-refractivity contribution in [2.24, 2.45) is 0 Å². The molecule has 172 valence electrons. The van der Waals surface area contributed by atoms with Crippen molar-refractivity contribution in [2.45, 2.75) is 12.5 Å². The number of nitrogens with zero attached hydrogens (tertiary/aromatic N) is 2. The van der Waals surface area contributed by atoms with Crippen LogP contribution in [-0.4, -0.2) is 33.2 Å². The lowest BCUT2D eigenvalue weighted by Crippen LogP contribution is -2.31. The number of likely N-dealkylation sites (tertiary alicyclic amines) is 1. The number of benzene rings is 3. The number of non-ortho nitro benzene ring substituents is 1. The summed E-state index contributed by atoms with van der Waals surface area (Å²) in [6.45, 7) is 0.120. The molecule has 1 heterocycles. The molecule has 9 heteroatoms. The van der Waals surface area contributed by atoms with Gasteiger partial charge in [0.2, 0.25) is 0 Å². The van der Waals surface area contributed by atoms with Gasteiger partial charge in [0.15, 0.2) is 0 Å². The van der Waals surface area contributed by atoms with Gasteiger partial charge in [0.1, 0.15) is 11.6 Å². The van der Waals surface area contributed by atoms with Crippen molar-refractivity contribution in [3.63, 3.8) is 0 Å². The van der Waals surface area contributed by atoms with E-state index in [0.717, 1.165) is 11.6 Å². The quantitative estimate of drug-likeness (QED) is 0.175. The van der Waals surface area contributed by atoms with Crippen molar-refractivity contribution in [1.82, 2.24) is 4.90 Å². The highest BCUT2D eigenvalue weighted by molar-refractivity contribution is 6.46. The standard InChI is InChI=1S/C25H18ClFN2O5/c26-18-8-6-16(7-9-18)22-21(23(30)17-2-1-3-20(14-17)29(33)34)24(31)25(32)28(22)13-12-15-4-10-19(27)11-5-15/h1-11,14,22,30H,12-13H2/b23-21-. The number of rotatable bonds is 6. The van der Waals surface area contributed by atoms with Crippen LogP contribution in [0.5, 0.6) is 0 Å². The fourth-order valence-corrected chi connectivity index (χ4v) is 4.05. The molecule has 1 saturated heterocycles. The summed E-state index contributed by atoms with van der Waals surface area (Å²) in [6.07, 6.45) is 0.342. The molecule has 1 aliphatic rings. The van der Waals surface area contributed by atoms with Gasteiger partial charge in [-0.2, -0.15) is 0 Å². The zero-order chi connectivity index (χ0) is 24.4. The van der Waals surface area contributed by atoms with Crippen molar-refractivity contribution in [1.29, 1.82) is 0 Å². The van der Waals surface area contributed by atoms with Crippen LogP contribution in [0.2, 0.25) is 5.02 Å². The summed E-state index contributed by atoms with van der Waals surface area (Å²) in [5.41, 5.74) is 0.904. The van der Waals surface area contributed by atoms with Crippen molar-refractivity contribution >= 4 is 34.7 Å². The van der Waals surface area contributed by atoms with Crippen LogP contribution in [0.4, 0.5) is 10.1 Å². The Morgan fingerprint density at radius 3 is 2.38 bits per heavy atom. The first-order chi connectivity index (χ1) is 16.3. The van der Waals surface area contributed by atoms with Crippen LogP contribution >= 0.6 is 11.6 Å². The minimum atomic E-state index is -0.933. The summed E-state index contributed by atoms with van der Waals surface area (Å²) >= 11 is 6.00. The number of nitro groups is 1. The molecular weight excluding hydrogens is 463 g/mol. The van der Waals surface area contributed by atoms with Crippen molar-refractivity contribution in [2.75, 3.05) is 6.54 Å². The van der Waals surface area contributed by atoms with Gasteiger partial charge >= 0.3 is 0 Å². The summed E-state index contributed by atoms with van der Waals surface area (Å²) in [4.78, 5) is 37.9. The Bertz CT molecular complexity index is 1310. The van der Waals surface area contributed by atoms with Gasteiger partial charge in [0.05, 0.1) is 16.5 Å². The molecule has 4 rings (SSSR count). The minimum Gasteiger partial charge on any atom is -0.507 e. The smallest absolute Gasteiger partial charge is 0.295 e. The summed E-state index contributed by atoms with van der Waals surface area (Å²) in [6, 6.07) is 16.6. The van der Waals surface area contributed by atoms with E-state index in [-0.39, 0.29) is 29.2 Å². The Morgan fingerprint density at radius 2 is 1.74 bits per heavy atom. The van der Waals surface area contributed by atoms with Crippen LogP contribution in [-0.2, 0) is 16.0 Å². The second kappa shape index (κ2) is 9.44. The Labute approximate surface area is 198 Å². The number of carbonyl (C=O) groups excluding carboxylic acids is 2. The van der Waals surface area contributed by atoms with E-state index in [1.807, 2.05) is 0 Å². The van der Waals surface area contributed by atoms with Gasteiger partial charge in [-0.1, -0.05) is 48.0 Å². The Balaban J connectivity index is 1.78. The molecule has 0 radical (unpaired) electrons. The molecule has 34 heavy (non-hydrogen) atoms. The second-order valence-corrected chi connectivity index (χ2v) is 8.16. The first kappa shape index (κ1) is 23.1. The summed E-state index contributed by atoms with van der Waals surface area (Å²) < 4.78 is 13.2. The molecule has 1 atom stereocenters. The molecule has 0 bridgehead atoms. The second-order valence-electron chi connectivity index (χ2n) is 7.73. The molecule has 1 unspecified atom stereocenters. The maximum Gasteiger partial charge on any atom is 0.295 e. The largest absolute Gasteiger partial charge is 0.507 e. The van der Waals surface area contributed by atoms with E-state index in [4.69, 9.17) is 11.6 Å². The molecule has 0 aliphatic carbocycles. The van der Waals surface area contributed by atoms with Crippen LogP contribution in [0, 0.1) is 15.9 Å². The highest BCUT2D eigenvalue weighted by atomic mass is 35.5. The molecule has 3 aromatic carbocycles. The fraction of sp³-hybridized carbons (Fsp3) is 0.120. The van der Waals surface area contributed by atoms with Gasteiger partial charge < -0.3 is 10.0 Å². The lowest BCUT2D eigenvalue weighted by Gasteiger charge is -2.25. The Hall–Kier alpha value is -4.04.